The Morgan fingerprint density at radius 3 is 2.68 bits per heavy atom. The Morgan fingerprint density at radius 1 is 1.36 bits per heavy atom. The van der Waals surface area contributed by atoms with Crippen LogP contribution in [0.1, 0.15) is 29.7 Å². The number of fused-ring (bicyclic) bond motifs is 1. The molecule has 0 radical (unpaired) electrons. The average Bonchev–Trinajstić information content (AvgIpc) is 3.08. The van der Waals surface area contributed by atoms with Crippen molar-refractivity contribution < 1.29 is 24.6 Å². The molecule has 0 saturated heterocycles. The Morgan fingerprint density at radius 2 is 2.07 bits per heavy atom. The van der Waals surface area contributed by atoms with E-state index in [-0.39, 0.29) is 18.4 Å². The number of nitro benzene ring substituents is 1. The van der Waals surface area contributed by atoms with Crippen LogP contribution >= 0.6 is 0 Å². The lowest BCUT2D eigenvalue weighted by Gasteiger charge is -2.23. The second-order valence-electron chi connectivity index (χ2n) is 6.87. The third-order valence-corrected chi connectivity index (χ3v) is 4.86. The van der Waals surface area contributed by atoms with Gasteiger partial charge >= 0.3 is 0 Å². The number of rotatable bonds is 8. The molecule has 150 valence electrons. The van der Waals surface area contributed by atoms with Gasteiger partial charge in [0.25, 0.3) is 5.69 Å². The maximum atomic E-state index is 10.8. The second kappa shape index (κ2) is 8.55. The van der Waals surface area contributed by atoms with Gasteiger partial charge in [-0.3, -0.25) is 10.1 Å². The highest BCUT2D eigenvalue weighted by Gasteiger charge is 2.25. The van der Waals surface area contributed by atoms with Crippen LogP contribution in [0.3, 0.4) is 0 Å². The number of nitrogens with zero attached hydrogens (tertiary/aromatic N) is 1. The van der Waals surface area contributed by atoms with E-state index in [1.807, 2.05) is 19.1 Å². The van der Waals surface area contributed by atoms with Crippen molar-refractivity contribution >= 4 is 5.69 Å². The molecule has 0 bridgehead atoms. The highest BCUT2D eigenvalue weighted by molar-refractivity contribution is 5.49. The fraction of sp³-hybridized carbons (Fsp3) is 0.400. The van der Waals surface area contributed by atoms with Gasteiger partial charge in [-0.2, -0.15) is 0 Å². The molecule has 0 fully saturated rings. The topological polar surface area (TPSA) is 114 Å². The van der Waals surface area contributed by atoms with Crippen molar-refractivity contribution in [3.8, 4) is 11.5 Å². The summed E-state index contributed by atoms with van der Waals surface area (Å²) in [6.07, 6.45) is -0.140. The summed E-state index contributed by atoms with van der Waals surface area (Å²) in [5.41, 5.74) is 2.38. The molecule has 0 aliphatic carbocycles. The van der Waals surface area contributed by atoms with E-state index in [0.29, 0.717) is 12.1 Å². The Hall–Kier alpha value is -2.68. The molecule has 0 saturated carbocycles. The third kappa shape index (κ3) is 4.24. The van der Waals surface area contributed by atoms with E-state index in [1.165, 1.54) is 24.3 Å². The minimum Gasteiger partial charge on any atom is -0.497 e. The number of non-ortho nitro benzene ring substituents is 1. The predicted octanol–water partition coefficient (Wildman–Crippen LogP) is 2.11. The molecule has 1 aliphatic heterocycles. The molecule has 0 aromatic heterocycles. The summed E-state index contributed by atoms with van der Waals surface area (Å²) in [4.78, 5) is 10.3. The molecular weight excluding hydrogens is 364 g/mol. The number of nitro groups is 1. The van der Waals surface area contributed by atoms with Crippen molar-refractivity contribution in [3.63, 3.8) is 0 Å². The molecule has 0 unspecified atom stereocenters. The van der Waals surface area contributed by atoms with Crippen LogP contribution in [0.25, 0.3) is 0 Å². The van der Waals surface area contributed by atoms with Gasteiger partial charge in [0, 0.05) is 36.2 Å². The number of hydrogen-bond acceptors (Lipinski definition) is 7. The lowest BCUT2D eigenvalue weighted by Crippen LogP contribution is -2.37. The Kier molecular flexibility index (Phi) is 6.13. The van der Waals surface area contributed by atoms with Gasteiger partial charge in [-0.1, -0.05) is 0 Å². The van der Waals surface area contributed by atoms with Crippen molar-refractivity contribution in [2.24, 2.45) is 0 Å². The first-order valence-electron chi connectivity index (χ1n) is 9.06. The molecule has 1 heterocycles. The standard InChI is InChI=1S/C20H24N2O6/c1-12-7-14-8-17(27-2)9-15(20(14)28-12)10-21-18(11-23)19(24)13-3-5-16(6-4-13)22(25)26/h3-6,8-9,12,18-19,21,23-24H,7,10-11H2,1-2H3/t12-,18-,19-/m1/s1. The summed E-state index contributed by atoms with van der Waals surface area (Å²) in [5.74, 6) is 1.53. The number of nitrogens with one attached hydrogen (secondary N) is 1. The second-order valence-corrected chi connectivity index (χ2v) is 6.87. The first-order chi connectivity index (χ1) is 13.4. The molecule has 8 heteroatoms. The van der Waals surface area contributed by atoms with Crippen LogP contribution in [0.4, 0.5) is 5.69 Å². The van der Waals surface area contributed by atoms with Crippen LogP contribution < -0.4 is 14.8 Å². The van der Waals surface area contributed by atoms with Gasteiger partial charge in [0.15, 0.2) is 0 Å². The summed E-state index contributed by atoms with van der Waals surface area (Å²) < 4.78 is 11.3. The van der Waals surface area contributed by atoms with Crippen LogP contribution in [-0.2, 0) is 13.0 Å². The largest absolute Gasteiger partial charge is 0.497 e. The molecular formula is C20H24N2O6. The van der Waals surface area contributed by atoms with Crippen LogP contribution in [0, 0.1) is 10.1 Å². The zero-order valence-corrected chi connectivity index (χ0v) is 15.8. The zero-order valence-electron chi connectivity index (χ0n) is 15.8. The van der Waals surface area contributed by atoms with Crippen molar-refractivity contribution in [1.29, 1.82) is 0 Å². The van der Waals surface area contributed by atoms with E-state index in [1.54, 1.807) is 7.11 Å². The Bertz CT molecular complexity index is 839. The van der Waals surface area contributed by atoms with Crippen molar-refractivity contribution in [3.05, 3.63) is 63.2 Å². The van der Waals surface area contributed by atoms with E-state index in [0.717, 1.165) is 29.0 Å². The van der Waals surface area contributed by atoms with Gasteiger partial charge in [-0.05, 0) is 36.8 Å². The maximum Gasteiger partial charge on any atom is 0.269 e. The van der Waals surface area contributed by atoms with Gasteiger partial charge in [0.05, 0.1) is 30.8 Å². The van der Waals surface area contributed by atoms with E-state index >= 15 is 0 Å². The monoisotopic (exact) mass is 388 g/mol. The first kappa shape index (κ1) is 20.1. The Labute approximate surface area is 162 Å². The highest BCUT2D eigenvalue weighted by Crippen LogP contribution is 2.36. The fourth-order valence-corrected chi connectivity index (χ4v) is 3.37. The Balaban J connectivity index is 1.73. The summed E-state index contributed by atoms with van der Waals surface area (Å²) in [6, 6.07) is 8.81. The molecule has 0 spiro atoms. The summed E-state index contributed by atoms with van der Waals surface area (Å²) in [6.45, 7) is 2.06. The number of aliphatic hydroxyl groups is 2. The maximum absolute atomic E-state index is 10.8. The summed E-state index contributed by atoms with van der Waals surface area (Å²) >= 11 is 0. The minimum absolute atomic E-state index is 0.0531. The lowest BCUT2D eigenvalue weighted by molar-refractivity contribution is -0.384. The van der Waals surface area contributed by atoms with Crippen LogP contribution in [0.5, 0.6) is 11.5 Å². The molecule has 1 aliphatic rings. The smallest absolute Gasteiger partial charge is 0.269 e. The normalized spacial score (nSPS) is 17.5. The zero-order chi connectivity index (χ0) is 20.3. The van der Waals surface area contributed by atoms with Gasteiger partial charge in [0.2, 0.25) is 0 Å². The highest BCUT2D eigenvalue weighted by atomic mass is 16.6. The fourth-order valence-electron chi connectivity index (χ4n) is 3.37. The summed E-state index contributed by atoms with van der Waals surface area (Å²) in [7, 11) is 1.60. The summed E-state index contributed by atoms with van der Waals surface area (Å²) in [5, 5.41) is 34.2. The number of hydrogen-bond donors (Lipinski definition) is 3. The SMILES string of the molecule is COc1cc(CN[C@H](CO)[C@H](O)c2ccc([N+](=O)[O-])cc2)c2c(c1)C[C@@H](C)O2. The minimum atomic E-state index is -1.02. The van der Waals surface area contributed by atoms with Gasteiger partial charge < -0.3 is 25.0 Å². The molecule has 28 heavy (non-hydrogen) atoms. The van der Waals surface area contributed by atoms with Crippen LogP contribution in [0.15, 0.2) is 36.4 Å². The molecule has 2 aromatic rings. The van der Waals surface area contributed by atoms with Crippen LogP contribution in [0.2, 0.25) is 0 Å². The number of benzene rings is 2. The number of ether oxygens (including phenoxy) is 2. The van der Waals surface area contributed by atoms with Gasteiger partial charge in [0.1, 0.15) is 17.6 Å². The molecule has 3 rings (SSSR count). The third-order valence-electron chi connectivity index (χ3n) is 4.86. The first-order valence-corrected chi connectivity index (χ1v) is 9.06. The van der Waals surface area contributed by atoms with E-state index in [4.69, 9.17) is 9.47 Å². The van der Waals surface area contributed by atoms with E-state index in [9.17, 15) is 20.3 Å². The van der Waals surface area contributed by atoms with E-state index < -0.39 is 17.1 Å². The molecule has 3 N–H and O–H groups in total. The average molecular weight is 388 g/mol. The molecule has 2 aromatic carbocycles. The lowest BCUT2D eigenvalue weighted by atomic mass is 10.0. The van der Waals surface area contributed by atoms with Gasteiger partial charge in [-0.15, -0.1) is 0 Å². The predicted molar refractivity (Wildman–Crippen MR) is 103 cm³/mol. The quantitative estimate of drug-likeness (QED) is 0.469. The van der Waals surface area contributed by atoms with Crippen molar-refractivity contribution in [1.82, 2.24) is 5.32 Å². The van der Waals surface area contributed by atoms with Crippen LogP contribution in [-0.4, -0.2) is 41.0 Å². The van der Waals surface area contributed by atoms with Gasteiger partial charge in [-0.25, -0.2) is 0 Å². The molecule has 8 nitrogen and oxygen atoms in total. The number of aliphatic hydroxyl groups excluding tert-OH is 2. The van der Waals surface area contributed by atoms with Crippen molar-refractivity contribution in [2.75, 3.05) is 13.7 Å². The number of methoxy groups -OCH3 is 1. The van der Waals surface area contributed by atoms with Crippen molar-refractivity contribution in [2.45, 2.75) is 38.1 Å². The molecule has 3 atom stereocenters. The van der Waals surface area contributed by atoms with E-state index in [2.05, 4.69) is 5.32 Å². The molecule has 0 amide bonds.